The van der Waals surface area contributed by atoms with Crippen molar-refractivity contribution in [3.8, 4) is 0 Å². The summed E-state index contributed by atoms with van der Waals surface area (Å²) < 4.78 is 29.6. The van der Waals surface area contributed by atoms with E-state index < -0.39 is 34.7 Å². The van der Waals surface area contributed by atoms with Gasteiger partial charge in [0.15, 0.2) is 0 Å². The van der Waals surface area contributed by atoms with Crippen LogP contribution in [0.3, 0.4) is 0 Å². The van der Waals surface area contributed by atoms with Crippen LogP contribution in [0.15, 0.2) is 0 Å². The summed E-state index contributed by atoms with van der Waals surface area (Å²) in [6, 6.07) is -1.87. The van der Waals surface area contributed by atoms with E-state index in [4.69, 9.17) is 14.8 Å². The lowest BCUT2D eigenvalue weighted by molar-refractivity contribution is -0.145. The van der Waals surface area contributed by atoms with Gasteiger partial charge in [-0.15, -0.1) is 0 Å². The van der Waals surface area contributed by atoms with Crippen molar-refractivity contribution in [2.24, 2.45) is 0 Å². The number of carboxylic acid groups (broad SMARTS) is 2. The third-order valence-electron chi connectivity index (χ3n) is 0.968. The van der Waals surface area contributed by atoms with E-state index in [0.29, 0.717) is 0 Å². The first-order valence-electron chi connectivity index (χ1n) is 2.91. The fraction of sp³-hybridized carbons (Fsp3) is 0.500. The first-order chi connectivity index (χ1) is 5.72. The van der Waals surface area contributed by atoms with Crippen molar-refractivity contribution in [2.75, 3.05) is 0 Å². The van der Waals surface area contributed by atoms with Crippen LogP contribution in [0.25, 0.3) is 0 Å². The van der Waals surface area contributed by atoms with Crippen LogP contribution >= 0.6 is 0 Å². The first-order valence-corrected chi connectivity index (χ1v) is 4.35. The molecule has 13 heavy (non-hydrogen) atoms. The third kappa shape index (κ3) is 6.02. The molecule has 1 atom stereocenters. The zero-order valence-corrected chi connectivity index (χ0v) is 6.98. The van der Waals surface area contributed by atoms with Gasteiger partial charge in [0, 0.05) is 0 Å². The summed E-state index contributed by atoms with van der Waals surface area (Å²) in [4.78, 5) is 20.2. The lowest BCUT2D eigenvalue weighted by Gasteiger charge is -2.08. The van der Waals surface area contributed by atoms with E-state index in [0.717, 1.165) is 0 Å². The molecule has 0 saturated heterocycles. The molecule has 0 saturated carbocycles. The van der Waals surface area contributed by atoms with Crippen LogP contribution in [0.4, 0.5) is 0 Å². The highest BCUT2D eigenvalue weighted by Crippen LogP contribution is 1.94. The Morgan fingerprint density at radius 2 is 1.77 bits per heavy atom. The normalized spacial score (nSPS) is 13.6. The molecule has 1 unspecified atom stereocenters. The fourth-order valence-corrected chi connectivity index (χ4v) is 1.08. The predicted octanol–water partition coefficient (Wildman–Crippen LogP) is -1.69. The topological polar surface area (TPSA) is 141 Å². The van der Waals surface area contributed by atoms with Crippen molar-refractivity contribution in [3.63, 3.8) is 0 Å². The van der Waals surface area contributed by atoms with Gasteiger partial charge in [-0.1, -0.05) is 0 Å². The number of carbonyl (C=O) groups is 2. The van der Waals surface area contributed by atoms with Crippen molar-refractivity contribution >= 4 is 22.2 Å². The zero-order chi connectivity index (χ0) is 10.6. The van der Waals surface area contributed by atoms with Gasteiger partial charge in [-0.3, -0.25) is 14.1 Å². The molecule has 0 aliphatic heterocycles. The van der Waals surface area contributed by atoms with E-state index in [1.54, 1.807) is 0 Å². The van der Waals surface area contributed by atoms with Crippen molar-refractivity contribution in [3.05, 3.63) is 0 Å². The molecule has 8 nitrogen and oxygen atoms in total. The molecule has 0 radical (unpaired) electrons. The van der Waals surface area contributed by atoms with Crippen LogP contribution < -0.4 is 4.72 Å². The Kier molecular flexibility index (Phi) is 3.78. The number of hydrogen-bond acceptors (Lipinski definition) is 4. The minimum Gasteiger partial charge on any atom is -0.481 e. The molecular weight excluding hydrogens is 206 g/mol. The maximum Gasteiger partial charge on any atom is 0.334 e. The Hall–Kier alpha value is -1.19. The maximum absolute atomic E-state index is 10.2. The van der Waals surface area contributed by atoms with Gasteiger partial charge >= 0.3 is 22.2 Å². The third-order valence-corrected chi connectivity index (χ3v) is 1.55. The van der Waals surface area contributed by atoms with E-state index in [1.165, 1.54) is 4.72 Å². The Labute approximate surface area is 73.1 Å². The van der Waals surface area contributed by atoms with E-state index in [-0.39, 0.29) is 0 Å². The van der Waals surface area contributed by atoms with Gasteiger partial charge in [-0.2, -0.15) is 13.1 Å². The van der Waals surface area contributed by atoms with Crippen LogP contribution in [0.5, 0.6) is 0 Å². The molecule has 0 rings (SSSR count). The molecule has 0 fully saturated rings. The van der Waals surface area contributed by atoms with Gasteiger partial charge in [0.2, 0.25) is 0 Å². The molecule has 0 amide bonds. The van der Waals surface area contributed by atoms with Crippen LogP contribution in [-0.4, -0.2) is 41.2 Å². The standard InChI is InChI=1S/C4H7NO7S/c6-3(7)1-2(4(8)9)5-13(10,11)12/h2,5H,1H2,(H,6,7)(H,8,9)(H,10,11,12). The summed E-state index contributed by atoms with van der Waals surface area (Å²) in [6.45, 7) is 0. The highest BCUT2D eigenvalue weighted by molar-refractivity contribution is 7.83. The van der Waals surface area contributed by atoms with Gasteiger partial charge in [0.1, 0.15) is 6.04 Å². The largest absolute Gasteiger partial charge is 0.481 e. The molecule has 76 valence electrons. The van der Waals surface area contributed by atoms with Gasteiger partial charge in [-0.25, -0.2) is 0 Å². The molecule has 0 spiro atoms. The number of rotatable bonds is 5. The smallest absolute Gasteiger partial charge is 0.334 e. The van der Waals surface area contributed by atoms with Crippen molar-refractivity contribution < 1.29 is 32.8 Å². The van der Waals surface area contributed by atoms with Gasteiger partial charge < -0.3 is 10.2 Å². The summed E-state index contributed by atoms with van der Waals surface area (Å²) in [7, 11) is -4.71. The average Bonchev–Trinajstić information content (AvgIpc) is 1.81. The van der Waals surface area contributed by atoms with Gasteiger partial charge in [0.05, 0.1) is 6.42 Å². The highest BCUT2D eigenvalue weighted by atomic mass is 32.2. The van der Waals surface area contributed by atoms with Gasteiger partial charge in [0.25, 0.3) is 0 Å². The van der Waals surface area contributed by atoms with Crippen molar-refractivity contribution in [1.82, 2.24) is 4.72 Å². The number of hydrogen-bond donors (Lipinski definition) is 4. The molecule has 0 aromatic carbocycles. The van der Waals surface area contributed by atoms with E-state index in [9.17, 15) is 18.0 Å². The molecule has 9 heteroatoms. The zero-order valence-electron chi connectivity index (χ0n) is 6.17. The molecule has 0 bridgehead atoms. The fourth-order valence-electron chi connectivity index (χ4n) is 0.534. The van der Waals surface area contributed by atoms with Crippen molar-refractivity contribution in [2.45, 2.75) is 12.5 Å². The Balaban J connectivity index is 4.45. The Morgan fingerprint density at radius 1 is 1.31 bits per heavy atom. The lowest BCUT2D eigenvalue weighted by atomic mass is 10.2. The van der Waals surface area contributed by atoms with E-state index in [1.807, 2.05) is 0 Å². The van der Waals surface area contributed by atoms with Crippen LogP contribution in [0.2, 0.25) is 0 Å². The monoisotopic (exact) mass is 213 g/mol. The quantitative estimate of drug-likeness (QED) is 0.399. The molecular formula is C4H7NO7S. The minimum atomic E-state index is -4.71. The maximum atomic E-state index is 10.2. The predicted molar refractivity (Wildman–Crippen MR) is 38.4 cm³/mol. The highest BCUT2D eigenvalue weighted by Gasteiger charge is 2.24. The van der Waals surface area contributed by atoms with Crippen LogP contribution in [0, 0.1) is 0 Å². The second-order valence-electron chi connectivity index (χ2n) is 2.08. The summed E-state index contributed by atoms with van der Waals surface area (Å²) in [5, 5.41) is 16.4. The molecule has 0 aromatic rings. The summed E-state index contributed by atoms with van der Waals surface area (Å²) in [5.41, 5.74) is 0. The second kappa shape index (κ2) is 4.16. The summed E-state index contributed by atoms with van der Waals surface area (Å²) >= 11 is 0. The Morgan fingerprint density at radius 3 is 2.00 bits per heavy atom. The lowest BCUT2D eigenvalue weighted by Crippen LogP contribution is -2.41. The second-order valence-corrected chi connectivity index (χ2v) is 3.27. The molecule has 0 aliphatic carbocycles. The first kappa shape index (κ1) is 11.8. The van der Waals surface area contributed by atoms with E-state index in [2.05, 4.69) is 0 Å². The number of carboxylic acids is 2. The molecule has 0 aliphatic rings. The molecule has 4 N–H and O–H groups in total. The van der Waals surface area contributed by atoms with Crippen LogP contribution in [-0.2, 0) is 19.9 Å². The van der Waals surface area contributed by atoms with Crippen LogP contribution in [0.1, 0.15) is 6.42 Å². The molecule has 0 aromatic heterocycles. The SMILES string of the molecule is O=C(O)CC(NS(=O)(=O)O)C(=O)O. The summed E-state index contributed by atoms with van der Waals surface area (Å²) in [5.74, 6) is -3.18. The van der Waals surface area contributed by atoms with E-state index >= 15 is 0 Å². The van der Waals surface area contributed by atoms with Gasteiger partial charge in [-0.05, 0) is 0 Å². The number of aliphatic carboxylic acids is 2. The Bertz CT molecular complexity index is 306. The van der Waals surface area contributed by atoms with Crippen molar-refractivity contribution in [1.29, 1.82) is 0 Å². The average molecular weight is 213 g/mol. The molecule has 0 heterocycles. The summed E-state index contributed by atoms with van der Waals surface area (Å²) in [6.07, 6.45) is -0.949. The number of nitrogens with one attached hydrogen (secondary N) is 1. The minimum absolute atomic E-state index is 0.949.